The van der Waals surface area contributed by atoms with Crippen molar-refractivity contribution >= 4 is 28.1 Å². The van der Waals surface area contributed by atoms with Crippen LogP contribution in [0.15, 0.2) is 22.9 Å². The van der Waals surface area contributed by atoms with Crippen LogP contribution in [0.25, 0.3) is 11.6 Å². The Labute approximate surface area is 119 Å². The molecular weight excluding hydrogens is 312 g/mol. The zero-order chi connectivity index (χ0) is 13.3. The van der Waals surface area contributed by atoms with Gasteiger partial charge in [-0.15, -0.1) is 0 Å². The Hall–Kier alpha value is -1.14. The van der Waals surface area contributed by atoms with Crippen LogP contribution in [-0.4, -0.2) is 19.9 Å². The first kappa shape index (κ1) is 13.3. The smallest absolute Gasteiger partial charge is 0.195 e. The molecule has 0 amide bonds. The zero-order valence-corrected chi connectivity index (χ0v) is 12.8. The highest BCUT2D eigenvalue weighted by Crippen LogP contribution is 2.29. The molecule has 0 radical (unpaired) electrons. The highest BCUT2D eigenvalue weighted by molar-refractivity contribution is 9.10. The summed E-state index contributed by atoms with van der Waals surface area (Å²) >= 11 is 8.75. The van der Waals surface area contributed by atoms with E-state index in [1.807, 2.05) is 0 Å². The van der Waals surface area contributed by atoms with Crippen LogP contribution in [0.4, 0.5) is 0 Å². The minimum Gasteiger partial charge on any atom is -0.339 e. The molecule has 0 fully saturated rings. The molecule has 4 nitrogen and oxygen atoms in total. The molecule has 0 aromatic carbocycles. The number of hydrogen-bond acceptors (Lipinski definition) is 4. The summed E-state index contributed by atoms with van der Waals surface area (Å²) in [4.78, 5) is 15.9. The van der Waals surface area contributed by atoms with E-state index in [1.54, 1.807) is 18.5 Å². The van der Waals surface area contributed by atoms with Crippen LogP contribution in [0.5, 0.6) is 0 Å². The van der Waals surface area contributed by atoms with E-state index in [-0.39, 0.29) is 5.41 Å². The van der Waals surface area contributed by atoms with Gasteiger partial charge in [-0.3, -0.25) is 0 Å². The first-order valence-electron chi connectivity index (χ1n) is 5.47. The van der Waals surface area contributed by atoms with E-state index in [0.29, 0.717) is 16.3 Å². The molecule has 2 aromatic heterocycles. The van der Waals surface area contributed by atoms with Crippen LogP contribution in [-0.2, 0) is 5.41 Å². The van der Waals surface area contributed by atoms with E-state index >= 15 is 0 Å². The maximum atomic E-state index is 5.26. The van der Waals surface area contributed by atoms with Gasteiger partial charge >= 0.3 is 0 Å². The second-order valence-corrected chi connectivity index (χ2v) is 6.08. The van der Waals surface area contributed by atoms with E-state index in [9.17, 15) is 0 Å². The maximum Gasteiger partial charge on any atom is 0.195 e. The second kappa shape index (κ2) is 4.85. The summed E-state index contributed by atoms with van der Waals surface area (Å²) in [5, 5.41) is 0. The predicted octanol–water partition coefficient (Wildman–Crippen LogP) is 3.66. The molecule has 0 spiro atoms. The maximum absolute atomic E-state index is 5.26. The molecule has 0 atom stereocenters. The zero-order valence-electron chi connectivity index (χ0n) is 10.4. The molecule has 2 heterocycles. The van der Waals surface area contributed by atoms with Crippen molar-refractivity contribution in [1.29, 1.82) is 0 Å². The fourth-order valence-corrected chi connectivity index (χ4v) is 2.48. The quantitative estimate of drug-likeness (QED) is 0.813. The Bertz CT molecular complexity index is 616. The van der Waals surface area contributed by atoms with Gasteiger partial charge in [-0.2, -0.15) is 0 Å². The van der Waals surface area contributed by atoms with Gasteiger partial charge in [0.2, 0.25) is 0 Å². The fourth-order valence-electron chi connectivity index (χ4n) is 1.50. The van der Waals surface area contributed by atoms with Gasteiger partial charge in [-0.1, -0.05) is 33.0 Å². The molecule has 0 unspecified atom stereocenters. The highest BCUT2D eigenvalue weighted by atomic mass is 79.9. The summed E-state index contributed by atoms with van der Waals surface area (Å²) in [6, 6.07) is 1.77. The summed E-state index contributed by atoms with van der Waals surface area (Å²) in [5.41, 5.74) is 0.920. The number of nitrogens with one attached hydrogen (secondary N) is 1. The highest BCUT2D eigenvalue weighted by Gasteiger charge is 2.20. The number of halogens is 1. The number of aromatic nitrogens is 4. The van der Waals surface area contributed by atoms with Gasteiger partial charge in [0.1, 0.15) is 4.64 Å². The molecular formula is C12H13BrN4S. The Kier molecular flexibility index (Phi) is 3.59. The standard InChI is InChI=1S/C12H13BrN4S/c1-12(2,3)8-7(13)11(18)17-10(16-8)9-14-5-4-6-15-9/h4-6H,1-3H3,(H,16,17,18). The van der Waals surface area contributed by atoms with Crippen LogP contribution < -0.4 is 0 Å². The van der Waals surface area contributed by atoms with E-state index in [1.165, 1.54) is 0 Å². The topological polar surface area (TPSA) is 54.5 Å². The molecule has 0 bridgehead atoms. The van der Waals surface area contributed by atoms with Crippen LogP contribution in [0.1, 0.15) is 26.5 Å². The lowest BCUT2D eigenvalue weighted by Gasteiger charge is -2.21. The lowest BCUT2D eigenvalue weighted by molar-refractivity contribution is 0.563. The van der Waals surface area contributed by atoms with E-state index in [2.05, 4.69) is 56.6 Å². The van der Waals surface area contributed by atoms with Crippen molar-refractivity contribution < 1.29 is 0 Å². The molecule has 94 valence electrons. The molecule has 18 heavy (non-hydrogen) atoms. The fraction of sp³-hybridized carbons (Fsp3) is 0.333. The van der Waals surface area contributed by atoms with E-state index in [4.69, 9.17) is 12.2 Å². The largest absolute Gasteiger partial charge is 0.339 e. The lowest BCUT2D eigenvalue weighted by atomic mass is 9.92. The summed E-state index contributed by atoms with van der Waals surface area (Å²) < 4.78 is 1.34. The minimum absolute atomic E-state index is 0.0706. The Morgan fingerprint density at radius 3 is 2.39 bits per heavy atom. The molecule has 1 N–H and O–H groups in total. The van der Waals surface area contributed by atoms with E-state index < -0.39 is 0 Å². The average Bonchev–Trinajstić information content (AvgIpc) is 2.32. The molecule has 2 aromatic rings. The SMILES string of the molecule is CC(C)(C)c1[nH]c(-c2ncccn2)nc(=S)c1Br. The predicted molar refractivity (Wildman–Crippen MR) is 76.8 cm³/mol. The monoisotopic (exact) mass is 324 g/mol. The van der Waals surface area contributed by atoms with Gasteiger partial charge in [-0.25, -0.2) is 15.0 Å². The molecule has 0 aliphatic heterocycles. The summed E-state index contributed by atoms with van der Waals surface area (Å²) in [6.07, 6.45) is 3.36. The van der Waals surface area contributed by atoms with Crippen molar-refractivity contribution in [2.75, 3.05) is 0 Å². The van der Waals surface area contributed by atoms with Crippen LogP contribution in [0.3, 0.4) is 0 Å². The second-order valence-electron chi connectivity index (χ2n) is 4.90. The van der Waals surface area contributed by atoms with Gasteiger partial charge < -0.3 is 4.98 Å². The Morgan fingerprint density at radius 2 is 1.83 bits per heavy atom. The molecule has 0 saturated carbocycles. The van der Waals surface area contributed by atoms with Crippen molar-refractivity contribution in [3.05, 3.63) is 33.3 Å². The third-order valence-electron chi connectivity index (χ3n) is 2.39. The molecule has 0 aliphatic rings. The number of aromatic amines is 1. The molecule has 6 heteroatoms. The summed E-state index contributed by atoms with van der Waals surface area (Å²) in [7, 11) is 0. The van der Waals surface area contributed by atoms with Crippen molar-refractivity contribution in [2.24, 2.45) is 0 Å². The Morgan fingerprint density at radius 1 is 1.22 bits per heavy atom. The Balaban J connectivity index is 2.66. The number of rotatable bonds is 1. The number of hydrogen-bond donors (Lipinski definition) is 1. The van der Waals surface area contributed by atoms with Crippen molar-refractivity contribution in [2.45, 2.75) is 26.2 Å². The molecule has 2 rings (SSSR count). The van der Waals surface area contributed by atoms with Crippen LogP contribution >= 0.6 is 28.1 Å². The first-order valence-corrected chi connectivity index (χ1v) is 6.67. The minimum atomic E-state index is -0.0706. The molecule has 0 aliphatic carbocycles. The number of nitrogens with zero attached hydrogens (tertiary/aromatic N) is 3. The van der Waals surface area contributed by atoms with Gasteiger partial charge in [0.05, 0.1) is 4.47 Å². The summed E-state index contributed by atoms with van der Waals surface area (Å²) in [5.74, 6) is 1.13. The summed E-state index contributed by atoms with van der Waals surface area (Å²) in [6.45, 7) is 6.32. The lowest BCUT2D eigenvalue weighted by Crippen LogP contribution is -2.16. The van der Waals surface area contributed by atoms with Gasteiger partial charge in [-0.05, 0) is 22.0 Å². The van der Waals surface area contributed by atoms with Gasteiger partial charge in [0.15, 0.2) is 11.6 Å². The van der Waals surface area contributed by atoms with Crippen LogP contribution in [0.2, 0.25) is 0 Å². The third kappa shape index (κ3) is 2.64. The third-order valence-corrected chi connectivity index (χ3v) is 3.72. The van der Waals surface area contributed by atoms with Gasteiger partial charge in [0.25, 0.3) is 0 Å². The molecule has 0 saturated heterocycles. The average molecular weight is 325 g/mol. The van der Waals surface area contributed by atoms with Gasteiger partial charge in [0, 0.05) is 23.5 Å². The van der Waals surface area contributed by atoms with Crippen molar-refractivity contribution in [3.63, 3.8) is 0 Å². The van der Waals surface area contributed by atoms with Crippen molar-refractivity contribution in [1.82, 2.24) is 19.9 Å². The number of H-pyrrole nitrogens is 1. The van der Waals surface area contributed by atoms with Crippen LogP contribution in [0, 0.1) is 4.64 Å². The first-order chi connectivity index (χ1) is 8.39. The van der Waals surface area contributed by atoms with E-state index in [0.717, 1.165) is 10.2 Å². The normalized spacial score (nSPS) is 11.6. The van der Waals surface area contributed by atoms with Crippen molar-refractivity contribution in [3.8, 4) is 11.6 Å².